The minimum absolute atomic E-state index is 0.0971. The first-order chi connectivity index (χ1) is 18.2. The van der Waals surface area contributed by atoms with Gasteiger partial charge in [-0.05, 0) is 34.7 Å². The Balaban J connectivity index is 1.76. The van der Waals surface area contributed by atoms with E-state index in [4.69, 9.17) is 34.7 Å². The Hall–Kier alpha value is -2.45. The molecule has 2 amide bonds. The smallest absolute Gasteiger partial charge is 0.229 e. The molecule has 0 bridgehead atoms. The number of hydrogen-bond acceptors (Lipinski definition) is 5. The summed E-state index contributed by atoms with van der Waals surface area (Å²) in [5.41, 5.74) is 13.7. The molecule has 2 aromatic carbocycles. The van der Waals surface area contributed by atoms with E-state index in [1.807, 2.05) is 29.2 Å². The van der Waals surface area contributed by atoms with Crippen LogP contribution in [0, 0.1) is 5.92 Å². The van der Waals surface area contributed by atoms with Crippen molar-refractivity contribution in [2.45, 2.75) is 64.0 Å². The van der Waals surface area contributed by atoms with Crippen molar-refractivity contribution in [3.05, 3.63) is 69.2 Å². The molecule has 1 fully saturated rings. The molecule has 1 aliphatic carbocycles. The summed E-state index contributed by atoms with van der Waals surface area (Å²) in [6.45, 7) is 1.47. The molecule has 3 rings (SSSR count). The van der Waals surface area contributed by atoms with E-state index in [2.05, 4.69) is 5.32 Å². The topological polar surface area (TPSA) is 119 Å². The number of nitrogens with zero attached hydrogens (tertiary/aromatic N) is 1. The highest BCUT2D eigenvalue weighted by atomic mass is 35.5. The number of nitrogens with one attached hydrogen (secondary N) is 1. The van der Waals surface area contributed by atoms with Crippen LogP contribution in [-0.4, -0.2) is 42.1 Å². The number of amides is 2. The molecule has 0 unspecified atom stereocenters. The normalized spacial score (nSPS) is 14.8. The zero-order chi connectivity index (χ0) is 27.5. The summed E-state index contributed by atoms with van der Waals surface area (Å²) in [6.07, 6.45) is 6.33. The Morgan fingerprint density at radius 3 is 2.29 bits per heavy atom. The second-order valence-corrected chi connectivity index (χ2v) is 11.0. The van der Waals surface area contributed by atoms with Crippen molar-refractivity contribution in [1.82, 2.24) is 10.2 Å². The molecule has 1 atom stereocenters. The Kier molecular flexibility index (Phi) is 12.1. The van der Waals surface area contributed by atoms with Gasteiger partial charge >= 0.3 is 0 Å². The van der Waals surface area contributed by atoms with Crippen LogP contribution in [0.15, 0.2) is 42.5 Å². The van der Waals surface area contributed by atoms with Crippen LogP contribution in [0.1, 0.15) is 67.6 Å². The lowest BCUT2D eigenvalue weighted by atomic mass is 9.85. The molecule has 0 heterocycles. The van der Waals surface area contributed by atoms with Gasteiger partial charge in [0.05, 0.1) is 22.5 Å². The van der Waals surface area contributed by atoms with Crippen LogP contribution in [0.5, 0.6) is 0 Å². The van der Waals surface area contributed by atoms with Gasteiger partial charge in [0.1, 0.15) is 5.78 Å². The molecule has 9 heteroatoms. The van der Waals surface area contributed by atoms with Gasteiger partial charge in [-0.3, -0.25) is 19.3 Å². The Bertz CT molecular complexity index is 1090. The van der Waals surface area contributed by atoms with Crippen LogP contribution in [0.3, 0.4) is 0 Å². The highest BCUT2D eigenvalue weighted by molar-refractivity contribution is 6.42. The third kappa shape index (κ3) is 9.70. The SMILES string of the molecule is NCc1ccc(CNC(=O)[C@@H](CN(CCC(N)=O)CC(=O)CC2CCCCC2)c2ccc(Cl)c(Cl)c2)cc1. The molecule has 2 aromatic rings. The molecule has 1 saturated carbocycles. The van der Waals surface area contributed by atoms with Gasteiger partial charge in [-0.2, -0.15) is 0 Å². The third-order valence-corrected chi connectivity index (χ3v) is 7.88. The second kappa shape index (κ2) is 15.2. The maximum absolute atomic E-state index is 13.5. The molecular weight excluding hydrogens is 523 g/mol. The van der Waals surface area contributed by atoms with Crippen LogP contribution >= 0.6 is 23.2 Å². The Morgan fingerprint density at radius 1 is 0.974 bits per heavy atom. The molecule has 38 heavy (non-hydrogen) atoms. The minimum Gasteiger partial charge on any atom is -0.370 e. The maximum Gasteiger partial charge on any atom is 0.229 e. The summed E-state index contributed by atoms with van der Waals surface area (Å²) < 4.78 is 0. The fourth-order valence-corrected chi connectivity index (χ4v) is 5.27. The molecular formula is C29H38Cl2N4O3. The number of benzene rings is 2. The van der Waals surface area contributed by atoms with Crippen LogP contribution in [-0.2, 0) is 27.5 Å². The van der Waals surface area contributed by atoms with Crippen LogP contribution in [0.2, 0.25) is 10.0 Å². The summed E-state index contributed by atoms with van der Waals surface area (Å²) in [7, 11) is 0. The third-order valence-electron chi connectivity index (χ3n) is 7.14. The lowest BCUT2D eigenvalue weighted by molar-refractivity contribution is -0.125. The first-order valence-corrected chi connectivity index (χ1v) is 14.0. The summed E-state index contributed by atoms with van der Waals surface area (Å²) in [4.78, 5) is 39.9. The molecule has 7 nitrogen and oxygen atoms in total. The monoisotopic (exact) mass is 560 g/mol. The van der Waals surface area contributed by atoms with E-state index in [-0.39, 0.29) is 37.7 Å². The molecule has 5 N–H and O–H groups in total. The number of ketones is 1. The fraction of sp³-hybridized carbons (Fsp3) is 0.483. The lowest BCUT2D eigenvalue weighted by Crippen LogP contribution is -2.41. The van der Waals surface area contributed by atoms with Gasteiger partial charge in [0.25, 0.3) is 0 Å². The molecule has 0 aromatic heterocycles. The molecule has 1 aliphatic rings. The average Bonchev–Trinajstić information content (AvgIpc) is 2.91. The van der Waals surface area contributed by atoms with Gasteiger partial charge < -0.3 is 16.8 Å². The summed E-state index contributed by atoms with van der Waals surface area (Å²) in [5.74, 6) is -0.770. The van der Waals surface area contributed by atoms with E-state index in [1.165, 1.54) is 6.42 Å². The lowest BCUT2D eigenvalue weighted by Gasteiger charge is -2.28. The standard InChI is InChI=1S/C29H38Cl2N4O3/c30-26-11-10-23(15-27(26)31)25(29(38)34-17-22-8-6-21(16-32)7-9-22)19-35(13-12-28(33)37)18-24(36)14-20-4-2-1-3-5-20/h6-11,15,20,25H,1-5,12-14,16-19,32H2,(H2,33,37)(H,34,38)/t25-/m0/s1. The highest BCUT2D eigenvalue weighted by Crippen LogP contribution is 2.29. The van der Waals surface area contributed by atoms with Crippen LogP contribution in [0.4, 0.5) is 0 Å². The van der Waals surface area contributed by atoms with E-state index in [0.717, 1.165) is 36.8 Å². The molecule has 0 aliphatic heterocycles. The number of nitrogens with two attached hydrogens (primary N) is 2. The van der Waals surface area contributed by atoms with Crippen molar-refractivity contribution < 1.29 is 14.4 Å². The van der Waals surface area contributed by atoms with E-state index < -0.39 is 11.8 Å². The zero-order valence-corrected chi connectivity index (χ0v) is 23.3. The van der Waals surface area contributed by atoms with E-state index in [9.17, 15) is 14.4 Å². The number of carbonyl (C=O) groups excluding carboxylic acids is 3. The van der Waals surface area contributed by atoms with Crippen molar-refractivity contribution in [3.8, 4) is 0 Å². The van der Waals surface area contributed by atoms with Crippen molar-refractivity contribution in [1.29, 1.82) is 0 Å². The van der Waals surface area contributed by atoms with Gasteiger partial charge in [0, 0.05) is 39.0 Å². The molecule has 0 spiro atoms. The van der Waals surface area contributed by atoms with Crippen molar-refractivity contribution in [3.63, 3.8) is 0 Å². The zero-order valence-electron chi connectivity index (χ0n) is 21.8. The molecule has 0 saturated heterocycles. The first-order valence-electron chi connectivity index (χ1n) is 13.3. The summed E-state index contributed by atoms with van der Waals surface area (Å²) >= 11 is 12.4. The van der Waals surface area contributed by atoms with Gasteiger partial charge in [0.15, 0.2) is 0 Å². The Labute approximate surface area is 235 Å². The van der Waals surface area contributed by atoms with Gasteiger partial charge in [-0.1, -0.05) is 85.6 Å². The summed E-state index contributed by atoms with van der Waals surface area (Å²) in [6, 6.07) is 12.8. The Morgan fingerprint density at radius 2 is 1.66 bits per heavy atom. The van der Waals surface area contributed by atoms with E-state index in [0.29, 0.717) is 41.0 Å². The number of hydrogen-bond donors (Lipinski definition) is 3. The summed E-state index contributed by atoms with van der Waals surface area (Å²) in [5, 5.41) is 3.74. The maximum atomic E-state index is 13.5. The van der Waals surface area contributed by atoms with E-state index in [1.54, 1.807) is 18.2 Å². The van der Waals surface area contributed by atoms with Gasteiger partial charge in [-0.15, -0.1) is 0 Å². The quantitative estimate of drug-likeness (QED) is 0.312. The number of rotatable bonds is 14. The van der Waals surface area contributed by atoms with Gasteiger partial charge in [0.2, 0.25) is 11.8 Å². The predicted octanol–water partition coefficient (Wildman–Crippen LogP) is 4.57. The minimum atomic E-state index is -0.636. The highest BCUT2D eigenvalue weighted by Gasteiger charge is 2.26. The molecule has 206 valence electrons. The average molecular weight is 562 g/mol. The largest absolute Gasteiger partial charge is 0.370 e. The van der Waals surface area contributed by atoms with Crippen molar-refractivity contribution in [2.24, 2.45) is 17.4 Å². The number of carbonyl (C=O) groups is 3. The van der Waals surface area contributed by atoms with Crippen molar-refractivity contribution >= 4 is 40.8 Å². The second-order valence-electron chi connectivity index (χ2n) is 10.2. The van der Waals surface area contributed by atoms with Crippen molar-refractivity contribution in [2.75, 3.05) is 19.6 Å². The number of halogens is 2. The fourth-order valence-electron chi connectivity index (χ4n) is 4.96. The predicted molar refractivity (Wildman–Crippen MR) is 152 cm³/mol. The number of primary amides is 1. The molecule has 0 radical (unpaired) electrons. The van der Waals surface area contributed by atoms with Crippen LogP contribution in [0.25, 0.3) is 0 Å². The first kappa shape index (κ1) is 30.1. The van der Waals surface area contributed by atoms with Gasteiger partial charge in [-0.25, -0.2) is 0 Å². The van der Waals surface area contributed by atoms with E-state index >= 15 is 0 Å². The van der Waals surface area contributed by atoms with Crippen LogP contribution < -0.4 is 16.8 Å². The number of Topliss-reactive ketones (excluding diaryl/α,β-unsaturated/α-hetero) is 1.